The number of esters is 1. The predicted molar refractivity (Wildman–Crippen MR) is 99.9 cm³/mol. The normalized spacial score (nSPS) is 16.4. The Bertz CT molecular complexity index is 1070. The van der Waals surface area contributed by atoms with Gasteiger partial charge in [0.15, 0.2) is 5.75 Å². The Morgan fingerprint density at radius 1 is 1.08 bits per heavy atom. The van der Waals surface area contributed by atoms with Crippen LogP contribution in [0.25, 0.3) is 11.0 Å². The molecule has 4 heteroatoms. The van der Waals surface area contributed by atoms with E-state index in [-0.39, 0.29) is 18.3 Å². The van der Waals surface area contributed by atoms with Crippen LogP contribution in [0.4, 0.5) is 0 Å². The topological polar surface area (TPSA) is 56.5 Å². The van der Waals surface area contributed by atoms with Gasteiger partial charge in [-0.25, -0.2) is 4.79 Å². The lowest BCUT2D eigenvalue weighted by Crippen LogP contribution is -2.27. The van der Waals surface area contributed by atoms with Crippen molar-refractivity contribution in [3.63, 3.8) is 0 Å². The van der Waals surface area contributed by atoms with Gasteiger partial charge < -0.3 is 9.15 Å². The first-order chi connectivity index (χ1) is 12.5. The number of carbonyl (C=O) groups excluding carboxylic acids is 1. The van der Waals surface area contributed by atoms with Crippen LogP contribution in [0.5, 0.6) is 5.75 Å². The van der Waals surface area contributed by atoms with Crippen LogP contribution in [0.15, 0.2) is 45.6 Å². The zero-order valence-electron chi connectivity index (χ0n) is 15.1. The maximum absolute atomic E-state index is 12.8. The lowest BCUT2D eigenvalue weighted by Gasteiger charge is -2.25. The fourth-order valence-corrected chi connectivity index (χ4v) is 3.78. The molecule has 0 bridgehead atoms. The maximum atomic E-state index is 12.8. The molecule has 4 rings (SSSR count). The number of fused-ring (bicyclic) bond motifs is 3. The molecule has 0 aliphatic carbocycles. The molecule has 1 atom stereocenters. The second-order valence-electron chi connectivity index (χ2n) is 6.91. The molecule has 0 spiro atoms. The van der Waals surface area contributed by atoms with Crippen molar-refractivity contribution in [2.24, 2.45) is 0 Å². The summed E-state index contributed by atoms with van der Waals surface area (Å²) in [5.74, 6) is -0.318. The lowest BCUT2D eigenvalue weighted by atomic mass is 9.85. The van der Waals surface area contributed by atoms with Crippen LogP contribution in [-0.4, -0.2) is 5.97 Å². The highest BCUT2D eigenvalue weighted by atomic mass is 16.5. The molecule has 1 aliphatic rings. The summed E-state index contributed by atoms with van der Waals surface area (Å²) in [6.07, 6.45) is 1.08. The zero-order valence-corrected chi connectivity index (χ0v) is 15.1. The third-order valence-corrected chi connectivity index (χ3v) is 5.06. The van der Waals surface area contributed by atoms with Crippen LogP contribution in [0, 0.1) is 13.8 Å². The van der Waals surface area contributed by atoms with Crippen LogP contribution in [0.2, 0.25) is 0 Å². The number of carbonyl (C=O) groups is 1. The number of hydrogen-bond acceptors (Lipinski definition) is 4. The van der Waals surface area contributed by atoms with Crippen molar-refractivity contribution in [2.45, 2.75) is 39.5 Å². The average molecular weight is 348 g/mol. The fourth-order valence-electron chi connectivity index (χ4n) is 3.78. The highest BCUT2D eigenvalue weighted by Crippen LogP contribution is 2.42. The van der Waals surface area contributed by atoms with Gasteiger partial charge in [0.2, 0.25) is 0 Å². The summed E-state index contributed by atoms with van der Waals surface area (Å²) in [6, 6.07) is 11.8. The predicted octanol–water partition coefficient (Wildman–Crippen LogP) is 4.41. The number of hydrogen-bond donors (Lipinski definition) is 0. The van der Waals surface area contributed by atoms with Crippen molar-refractivity contribution in [1.82, 2.24) is 0 Å². The van der Waals surface area contributed by atoms with E-state index >= 15 is 0 Å². The number of aryl methyl sites for hydroxylation is 3. The number of benzene rings is 2. The van der Waals surface area contributed by atoms with Gasteiger partial charge in [-0.2, -0.15) is 0 Å². The first kappa shape index (κ1) is 16.6. The molecule has 132 valence electrons. The minimum absolute atomic E-state index is 0.139. The summed E-state index contributed by atoms with van der Waals surface area (Å²) in [4.78, 5) is 25.1. The van der Waals surface area contributed by atoms with E-state index in [1.165, 1.54) is 5.56 Å². The quantitative estimate of drug-likeness (QED) is 0.508. The van der Waals surface area contributed by atoms with Crippen LogP contribution >= 0.6 is 0 Å². The van der Waals surface area contributed by atoms with Gasteiger partial charge in [-0.05, 0) is 48.6 Å². The van der Waals surface area contributed by atoms with E-state index in [9.17, 15) is 9.59 Å². The molecular weight excluding hydrogens is 328 g/mol. The molecule has 1 unspecified atom stereocenters. The van der Waals surface area contributed by atoms with Crippen molar-refractivity contribution in [3.05, 3.63) is 74.6 Å². The minimum atomic E-state index is -0.436. The van der Waals surface area contributed by atoms with Gasteiger partial charge in [-0.3, -0.25) is 4.79 Å². The molecule has 0 amide bonds. The van der Waals surface area contributed by atoms with E-state index in [0.717, 1.165) is 23.1 Å². The summed E-state index contributed by atoms with van der Waals surface area (Å²) in [5.41, 5.74) is 4.52. The largest absolute Gasteiger partial charge is 0.425 e. The lowest BCUT2D eigenvalue weighted by molar-refractivity contribution is -0.135. The highest BCUT2D eigenvalue weighted by Gasteiger charge is 2.34. The molecule has 0 radical (unpaired) electrons. The Morgan fingerprint density at radius 3 is 2.50 bits per heavy atom. The van der Waals surface area contributed by atoms with Gasteiger partial charge in [0.25, 0.3) is 0 Å². The minimum Gasteiger partial charge on any atom is -0.425 e. The highest BCUT2D eigenvalue weighted by molar-refractivity contribution is 5.92. The molecule has 0 fully saturated rings. The second-order valence-corrected chi connectivity index (χ2v) is 6.91. The Kier molecular flexibility index (Phi) is 3.91. The third-order valence-electron chi connectivity index (χ3n) is 5.06. The van der Waals surface area contributed by atoms with Crippen molar-refractivity contribution >= 4 is 16.9 Å². The molecule has 0 saturated carbocycles. The Hall–Kier alpha value is -2.88. The van der Waals surface area contributed by atoms with E-state index in [1.807, 2.05) is 44.2 Å². The van der Waals surface area contributed by atoms with E-state index in [1.54, 1.807) is 6.07 Å². The molecule has 1 aromatic heterocycles. The Labute approximate surface area is 151 Å². The number of rotatable bonds is 2. The zero-order chi connectivity index (χ0) is 18.4. The van der Waals surface area contributed by atoms with Gasteiger partial charge in [-0.15, -0.1) is 0 Å². The second kappa shape index (κ2) is 6.13. The first-order valence-corrected chi connectivity index (χ1v) is 8.85. The summed E-state index contributed by atoms with van der Waals surface area (Å²) in [6.45, 7) is 5.97. The van der Waals surface area contributed by atoms with Crippen LogP contribution in [0.1, 0.15) is 47.1 Å². The van der Waals surface area contributed by atoms with Crippen molar-refractivity contribution in [1.29, 1.82) is 0 Å². The van der Waals surface area contributed by atoms with E-state index in [0.29, 0.717) is 22.3 Å². The van der Waals surface area contributed by atoms with Crippen molar-refractivity contribution in [3.8, 4) is 5.75 Å². The molecule has 2 aromatic carbocycles. The fraction of sp³-hybridized carbons (Fsp3) is 0.273. The summed E-state index contributed by atoms with van der Waals surface area (Å²) in [5, 5.41) is 0.702. The standard InChI is InChI=1S/C22H20O4/c1-4-14-5-7-15(8-6-14)16-11-18(23)26-21-19-13(3)9-12(2)10-17(19)25-22(24)20(16)21/h5-10,16H,4,11H2,1-3H3. The van der Waals surface area contributed by atoms with Gasteiger partial charge in [-0.1, -0.05) is 37.3 Å². The SMILES string of the molecule is CCc1ccc(C2CC(=O)Oc3c2c(=O)oc2cc(C)cc(C)c32)cc1. The van der Waals surface area contributed by atoms with Gasteiger partial charge in [0.05, 0.1) is 17.4 Å². The van der Waals surface area contributed by atoms with E-state index < -0.39 is 5.63 Å². The van der Waals surface area contributed by atoms with Crippen molar-refractivity contribution in [2.75, 3.05) is 0 Å². The smallest absolute Gasteiger partial charge is 0.343 e. The van der Waals surface area contributed by atoms with Crippen LogP contribution < -0.4 is 10.4 Å². The van der Waals surface area contributed by atoms with Crippen LogP contribution in [0.3, 0.4) is 0 Å². The summed E-state index contributed by atoms with van der Waals surface area (Å²) < 4.78 is 11.2. The molecule has 0 N–H and O–H groups in total. The van der Waals surface area contributed by atoms with Crippen molar-refractivity contribution < 1.29 is 13.9 Å². The third kappa shape index (κ3) is 2.62. The van der Waals surface area contributed by atoms with E-state index in [2.05, 4.69) is 6.92 Å². The first-order valence-electron chi connectivity index (χ1n) is 8.85. The molecular formula is C22H20O4. The molecule has 1 aliphatic heterocycles. The summed E-state index contributed by atoms with van der Waals surface area (Å²) in [7, 11) is 0. The summed E-state index contributed by atoms with van der Waals surface area (Å²) >= 11 is 0. The molecule has 3 aromatic rings. The Balaban J connectivity index is 1.98. The molecule has 26 heavy (non-hydrogen) atoms. The molecule has 2 heterocycles. The molecule has 4 nitrogen and oxygen atoms in total. The van der Waals surface area contributed by atoms with Gasteiger partial charge >= 0.3 is 11.6 Å². The molecule has 0 saturated heterocycles. The van der Waals surface area contributed by atoms with Gasteiger partial charge in [0.1, 0.15) is 5.58 Å². The average Bonchev–Trinajstić information content (AvgIpc) is 2.60. The monoisotopic (exact) mass is 348 g/mol. The van der Waals surface area contributed by atoms with E-state index in [4.69, 9.17) is 9.15 Å². The number of ether oxygens (including phenoxy) is 1. The Morgan fingerprint density at radius 2 is 1.81 bits per heavy atom. The van der Waals surface area contributed by atoms with Crippen LogP contribution in [-0.2, 0) is 11.2 Å². The van der Waals surface area contributed by atoms with Gasteiger partial charge in [0, 0.05) is 5.92 Å². The maximum Gasteiger partial charge on any atom is 0.343 e.